The molecule has 1 aromatic carbocycles. The second-order valence-corrected chi connectivity index (χ2v) is 8.10. The number of para-hydroxylation sites is 1. The highest BCUT2D eigenvalue weighted by molar-refractivity contribution is 5.79. The van der Waals surface area contributed by atoms with Gasteiger partial charge in [0.15, 0.2) is 5.96 Å². The predicted octanol–water partition coefficient (Wildman–Crippen LogP) is 3.26. The number of hydrogen-bond acceptors (Lipinski definition) is 4. The van der Waals surface area contributed by atoms with Crippen molar-refractivity contribution in [2.24, 2.45) is 4.99 Å². The quantitative estimate of drug-likeness (QED) is 0.357. The van der Waals surface area contributed by atoms with Crippen LogP contribution in [-0.2, 0) is 14.9 Å². The van der Waals surface area contributed by atoms with Gasteiger partial charge in [0.1, 0.15) is 5.75 Å². The van der Waals surface area contributed by atoms with Crippen LogP contribution in [0.3, 0.4) is 0 Å². The molecule has 2 fully saturated rings. The molecule has 1 unspecified atom stereocenters. The molecule has 2 N–H and O–H groups in total. The fourth-order valence-electron chi connectivity index (χ4n) is 4.52. The predicted molar refractivity (Wildman–Crippen MR) is 117 cm³/mol. The third-order valence-corrected chi connectivity index (χ3v) is 6.14. The van der Waals surface area contributed by atoms with E-state index in [0.717, 1.165) is 57.3 Å². The summed E-state index contributed by atoms with van der Waals surface area (Å²) in [7, 11) is 3.59. The summed E-state index contributed by atoms with van der Waals surface area (Å²) in [5, 5.41) is 6.98. The Morgan fingerprint density at radius 3 is 2.76 bits per heavy atom. The molecule has 0 spiro atoms. The lowest BCUT2D eigenvalue weighted by Crippen LogP contribution is -2.45. The zero-order valence-corrected chi connectivity index (χ0v) is 18.0. The first-order valence-corrected chi connectivity index (χ1v) is 11.0. The van der Waals surface area contributed by atoms with Crippen LogP contribution < -0.4 is 15.4 Å². The Balaban J connectivity index is 1.43. The van der Waals surface area contributed by atoms with E-state index in [1.807, 2.05) is 13.1 Å². The van der Waals surface area contributed by atoms with Gasteiger partial charge in [0.05, 0.1) is 19.8 Å². The molecule has 6 heteroatoms. The van der Waals surface area contributed by atoms with Crippen molar-refractivity contribution in [3.05, 3.63) is 29.8 Å². The van der Waals surface area contributed by atoms with E-state index in [2.05, 4.69) is 33.8 Å². The van der Waals surface area contributed by atoms with Crippen LogP contribution in [0.1, 0.15) is 50.5 Å². The highest BCUT2D eigenvalue weighted by Gasteiger charge is 2.37. The minimum absolute atomic E-state index is 0.106. The molecular formula is C23H37N3O3. The summed E-state index contributed by atoms with van der Waals surface area (Å²) in [5.74, 6) is 1.84. The second-order valence-electron chi connectivity index (χ2n) is 8.10. The number of methoxy groups -OCH3 is 1. The average Bonchev–Trinajstić information content (AvgIpc) is 3.45. The summed E-state index contributed by atoms with van der Waals surface area (Å²) in [4.78, 5) is 4.40. The molecule has 0 aromatic heterocycles. The van der Waals surface area contributed by atoms with E-state index < -0.39 is 0 Å². The zero-order chi connectivity index (χ0) is 20.4. The first kappa shape index (κ1) is 21.9. The van der Waals surface area contributed by atoms with Crippen LogP contribution >= 0.6 is 0 Å². The van der Waals surface area contributed by atoms with Crippen molar-refractivity contribution in [2.45, 2.75) is 56.5 Å². The molecule has 1 aromatic rings. The Bertz CT molecular complexity index is 638. The van der Waals surface area contributed by atoms with E-state index in [4.69, 9.17) is 14.2 Å². The van der Waals surface area contributed by atoms with Crippen molar-refractivity contribution >= 4 is 5.96 Å². The fraction of sp³-hybridized carbons (Fsp3) is 0.696. The van der Waals surface area contributed by atoms with E-state index in [1.54, 1.807) is 7.11 Å². The molecule has 0 amide bonds. The number of nitrogens with one attached hydrogen (secondary N) is 2. The molecule has 1 aliphatic carbocycles. The molecule has 29 heavy (non-hydrogen) atoms. The van der Waals surface area contributed by atoms with E-state index in [1.165, 1.54) is 31.2 Å². The molecule has 6 nitrogen and oxygen atoms in total. The van der Waals surface area contributed by atoms with Crippen LogP contribution in [0.2, 0.25) is 0 Å². The molecule has 0 bridgehead atoms. The SMILES string of the molecule is CN=C(NCCCOCC1CCCO1)NCC1(c2ccccc2OC)CCCC1. The molecule has 3 rings (SSSR count). The van der Waals surface area contributed by atoms with Gasteiger partial charge in [0.2, 0.25) is 0 Å². The van der Waals surface area contributed by atoms with Crippen LogP contribution in [0.15, 0.2) is 29.3 Å². The average molecular weight is 404 g/mol. The second kappa shape index (κ2) is 11.4. The van der Waals surface area contributed by atoms with Gasteiger partial charge < -0.3 is 24.8 Å². The van der Waals surface area contributed by atoms with Crippen LogP contribution in [-0.4, -0.2) is 59.1 Å². The maximum Gasteiger partial charge on any atom is 0.191 e. The lowest BCUT2D eigenvalue weighted by atomic mass is 9.78. The Labute approximate surface area is 175 Å². The van der Waals surface area contributed by atoms with Crippen molar-refractivity contribution in [3.63, 3.8) is 0 Å². The lowest BCUT2D eigenvalue weighted by Gasteiger charge is -2.32. The zero-order valence-electron chi connectivity index (χ0n) is 18.0. The Kier molecular flexibility index (Phi) is 8.62. The molecular weight excluding hydrogens is 366 g/mol. The number of benzene rings is 1. The van der Waals surface area contributed by atoms with Gasteiger partial charge in [-0.1, -0.05) is 31.0 Å². The number of rotatable bonds is 10. The number of aliphatic imine (C=N–C) groups is 1. The van der Waals surface area contributed by atoms with E-state index in [-0.39, 0.29) is 5.41 Å². The Hall–Kier alpha value is -1.79. The first-order chi connectivity index (χ1) is 14.3. The summed E-state index contributed by atoms with van der Waals surface area (Å²) in [5.41, 5.74) is 1.42. The van der Waals surface area contributed by atoms with Crippen LogP contribution in [0.5, 0.6) is 5.75 Å². The summed E-state index contributed by atoms with van der Waals surface area (Å²) < 4.78 is 17.0. The standard InChI is InChI=1S/C23H37N3O3/c1-24-22(25-14-8-15-28-17-19-9-7-16-29-19)26-18-23(12-5-6-13-23)20-10-3-4-11-21(20)27-2/h3-4,10-11,19H,5-9,12-18H2,1-2H3,(H2,24,25,26). The van der Waals surface area contributed by atoms with Gasteiger partial charge in [-0.15, -0.1) is 0 Å². The maximum absolute atomic E-state index is 5.73. The molecule has 162 valence electrons. The normalized spacial score (nSPS) is 21.3. The summed E-state index contributed by atoms with van der Waals surface area (Å²) in [6.07, 6.45) is 8.40. The van der Waals surface area contributed by atoms with Crippen molar-refractivity contribution < 1.29 is 14.2 Å². The van der Waals surface area contributed by atoms with E-state index in [9.17, 15) is 0 Å². The third-order valence-electron chi connectivity index (χ3n) is 6.14. The number of hydrogen-bond donors (Lipinski definition) is 2. The van der Waals surface area contributed by atoms with Gasteiger partial charge in [-0.25, -0.2) is 0 Å². The van der Waals surface area contributed by atoms with Crippen LogP contribution in [0, 0.1) is 0 Å². The summed E-state index contributed by atoms with van der Waals surface area (Å²) in [6, 6.07) is 8.44. The van der Waals surface area contributed by atoms with Crippen molar-refractivity contribution in [1.82, 2.24) is 10.6 Å². The number of guanidine groups is 1. The minimum Gasteiger partial charge on any atom is -0.496 e. The fourth-order valence-corrected chi connectivity index (χ4v) is 4.52. The highest BCUT2D eigenvalue weighted by atomic mass is 16.5. The van der Waals surface area contributed by atoms with Crippen molar-refractivity contribution in [3.8, 4) is 5.75 Å². The number of nitrogens with zero attached hydrogens (tertiary/aromatic N) is 1. The first-order valence-electron chi connectivity index (χ1n) is 11.0. The van der Waals surface area contributed by atoms with Gasteiger partial charge >= 0.3 is 0 Å². The van der Waals surface area contributed by atoms with Crippen molar-refractivity contribution in [2.75, 3.05) is 47.1 Å². The van der Waals surface area contributed by atoms with Gasteiger partial charge in [-0.3, -0.25) is 4.99 Å². The molecule has 0 radical (unpaired) electrons. The molecule has 1 saturated carbocycles. The molecule has 1 atom stereocenters. The maximum atomic E-state index is 5.73. The molecule has 1 saturated heterocycles. The summed E-state index contributed by atoms with van der Waals surface area (Å²) >= 11 is 0. The summed E-state index contributed by atoms with van der Waals surface area (Å²) in [6.45, 7) is 4.05. The molecule has 1 heterocycles. The topological polar surface area (TPSA) is 64.1 Å². The number of ether oxygens (including phenoxy) is 3. The lowest BCUT2D eigenvalue weighted by molar-refractivity contribution is 0.0168. The smallest absolute Gasteiger partial charge is 0.191 e. The van der Waals surface area contributed by atoms with Gasteiger partial charge in [-0.2, -0.15) is 0 Å². The third kappa shape index (κ3) is 6.09. The Morgan fingerprint density at radius 2 is 2.03 bits per heavy atom. The van der Waals surface area contributed by atoms with Gasteiger partial charge in [0.25, 0.3) is 0 Å². The van der Waals surface area contributed by atoms with E-state index >= 15 is 0 Å². The highest BCUT2D eigenvalue weighted by Crippen LogP contribution is 2.44. The van der Waals surface area contributed by atoms with Crippen LogP contribution in [0.25, 0.3) is 0 Å². The van der Waals surface area contributed by atoms with Crippen molar-refractivity contribution in [1.29, 1.82) is 0 Å². The molecule has 2 aliphatic rings. The van der Waals surface area contributed by atoms with Crippen LogP contribution in [0.4, 0.5) is 0 Å². The molecule has 1 aliphatic heterocycles. The monoisotopic (exact) mass is 403 g/mol. The minimum atomic E-state index is 0.106. The van der Waals surface area contributed by atoms with Gasteiger partial charge in [0, 0.05) is 44.3 Å². The Morgan fingerprint density at radius 1 is 1.21 bits per heavy atom. The van der Waals surface area contributed by atoms with E-state index in [0.29, 0.717) is 12.7 Å². The largest absolute Gasteiger partial charge is 0.496 e. The van der Waals surface area contributed by atoms with Gasteiger partial charge in [-0.05, 0) is 38.2 Å².